The van der Waals surface area contributed by atoms with E-state index in [-0.39, 0.29) is 4.21 Å². The van der Waals surface area contributed by atoms with E-state index in [0.717, 1.165) is 33.6 Å². The second-order valence-electron chi connectivity index (χ2n) is 8.23. The SMILES string of the molecule is COc1cc(CC=Cc2ccccc2C=CC(=O)NS(=O)(=O)c2cccs2)ccc1OCc1ccccc1. The van der Waals surface area contributed by atoms with Crippen LogP contribution in [0.15, 0.2) is 107 Å². The summed E-state index contributed by atoms with van der Waals surface area (Å²) in [7, 11) is -2.25. The molecule has 0 radical (unpaired) electrons. The molecule has 3 aromatic carbocycles. The zero-order valence-electron chi connectivity index (χ0n) is 20.7. The van der Waals surface area contributed by atoms with Crippen LogP contribution in [0, 0.1) is 0 Å². The van der Waals surface area contributed by atoms with Gasteiger partial charge in [0.2, 0.25) is 0 Å². The summed E-state index contributed by atoms with van der Waals surface area (Å²) >= 11 is 1.05. The third kappa shape index (κ3) is 7.44. The number of carbonyl (C=O) groups excluding carboxylic acids is 1. The van der Waals surface area contributed by atoms with Gasteiger partial charge in [-0.25, -0.2) is 13.1 Å². The van der Waals surface area contributed by atoms with Gasteiger partial charge in [0.1, 0.15) is 10.8 Å². The average Bonchev–Trinajstić information content (AvgIpc) is 3.48. The summed E-state index contributed by atoms with van der Waals surface area (Å²) in [6.07, 6.45) is 7.46. The molecule has 0 saturated carbocycles. The Labute approximate surface area is 226 Å². The molecule has 0 aliphatic heterocycles. The van der Waals surface area contributed by atoms with Gasteiger partial charge in [0.25, 0.3) is 15.9 Å². The molecule has 0 bridgehead atoms. The molecule has 1 amide bonds. The molecule has 194 valence electrons. The summed E-state index contributed by atoms with van der Waals surface area (Å²) in [6, 6.07) is 26.4. The minimum absolute atomic E-state index is 0.0926. The van der Waals surface area contributed by atoms with Gasteiger partial charge in [-0.1, -0.05) is 78.9 Å². The Morgan fingerprint density at radius 2 is 1.61 bits per heavy atom. The van der Waals surface area contributed by atoms with Crippen molar-refractivity contribution in [3.63, 3.8) is 0 Å². The molecule has 1 heterocycles. The number of sulfonamides is 1. The van der Waals surface area contributed by atoms with Gasteiger partial charge in [-0.2, -0.15) is 0 Å². The summed E-state index contributed by atoms with van der Waals surface area (Å²) in [6.45, 7) is 0.457. The molecule has 0 aliphatic rings. The quantitative estimate of drug-likeness (QED) is 0.230. The van der Waals surface area contributed by atoms with Gasteiger partial charge in [0.05, 0.1) is 7.11 Å². The molecular weight excluding hydrogens is 518 g/mol. The average molecular weight is 546 g/mol. The van der Waals surface area contributed by atoms with E-state index in [0.29, 0.717) is 24.5 Å². The highest BCUT2D eigenvalue weighted by Crippen LogP contribution is 2.29. The lowest BCUT2D eigenvalue weighted by molar-refractivity contribution is -0.114. The van der Waals surface area contributed by atoms with E-state index in [1.165, 1.54) is 12.1 Å². The second kappa shape index (κ2) is 12.9. The predicted molar refractivity (Wildman–Crippen MR) is 152 cm³/mol. The zero-order valence-corrected chi connectivity index (χ0v) is 22.4. The molecule has 1 aromatic heterocycles. The fourth-order valence-corrected chi connectivity index (χ4v) is 5.57. The largest absolute Gasteiger partial charge is 0.493 e. The van der Waals surface area contributed by atoms with Crippen LogP contribution < -0.4 is 14.2 Å². The number of nitrogens with one attached hydrogen (secondary N) is 1. The van der Waals surface area contributed by atoms with Crippen molar-refractivity contribution in [3.8, 4) is 11.5 Å². The van der Waals surface area contributed by atoms with Gasteiger partial charge in [-0.3, -0.25) is 4.79 Å². The molecule has 0 fully saturated rings. The summed E-state index contributed by atoms with van der Waals surface area (Å²) in [5.74, 6) is 0.636. The normalized spacial score (nSPS) is 11.6. The third-order valence-electron chi connectivity index (χ3n) is 5.52. The van der Waals surface area contributed by atoms with Crippen LogP contribution in [-0.4, -0.2) is 21.4 Å². The van der Waals surface area contributed by atoms with Crippen molar-refractivity contribution >= 4 is 39.4 Å². The predicted octanol–water partition coefficient (Wildman–Crippen LogP) is 6.11. The standard InChI is InChI=1S/C30H27NO5S2/c1-35-28-21-23(16-18-27(28)36-22-24-9-3-2-4-10-24)11-7-14-25-12-5-6-13-26(25)17-19-29(32)31-38(33,34)30-15-8-20-37-30/h2-10,12-21H,11,22H2,1H3,(H,31,32). The third-order valence-corrected chi connectivity index (χ3v) is 8.27. The molecule has 38 heavy (non-hydrogen) atoms. The van der Waals surface area contributed by atoms with E-state index in [9.17, 15) is 13.2 Å². The van der Waals surface area contributed by atoms with Gasteiger partial charge in [0.15, 0.2) is 11.5 Å². The van der Waals surface area contributed by atoms with Crippen LogP contribution >= 0.6 is 11.3 Å². The van der Waals surface area contributed by atoms with Crippen LogP contribution in [-0.2, 0) is 27.8 Å². The maximum Gasteiger partial charge on any atom is 0.273 e. The van der Waals surface area contributed by atoms with Gasteiger partial charge in [-0.15, -0.1) is 11.3 Å². The molecular formula is C30H27NO5S2. The summed E-state index contributed by atoms with van der Waals surface area (Å²) in [4.78, 5) is 12.2. The second-order valence-corrected chi connectivity index (χ2v) is 11.1. The maximum atomic E-state index is 12.2. The van der Waals surface area contributed by atoms with Crippen molar-refractivity contribution in [2.75, 3.05) is 7.11 Å². The number of allylic oxidation sites excluding steroid dienone is 1. The van der Waals surface area contributed by atoms with Crippen LogP contribution in [0.5, 0.6) is 11.5 Å². The highest BCUT2D eigenvalue weighted by molar-refractivity contribution is 7.92. The fourth-order valence-electron chi connectivity index (χ4n) is 3.63. The summed E-state index contributed by atoms with van der Waals surface area (Å²) in [5, 5.41) is 1.64. The smallest absolute Gasteiger partial charge is 0.273 e. The van der Waals surface area contributed by atoms with Gasteiger partial charge >= 0.3 is 0 Å². The molecule has 0 aliphatic carbocycles. The Morgan fingerprint density at radius 1 is 0.868 bits per heavy atom. The van der Waals surface area contributed by atoms with Gasteiger partial charge in [0, 0.05) is 6.08 Å². The van der Waals surface area contributed by atoms with E-state index < -0.39 is 15.9 Å². The minimum atomic E-state index is -3.87. The Morgan fingerprint density at radius 3 is 2.32 bits per heavy atom. The van der Waals surface area contributed by atoms with Crippen molar-refractivity contribution in [3.05, 3.63) is 125 Å². The Bertz CT molecular complexity index is 1530. The number of methoxy groups -OCH3 is 1. The molecule has 0 saturated heterocycles. The summed E-state index contributed by atoms with van der Waals surface area (Å²) < 4.78 is 38.1. The first-order valence-electron chi connectivity index (χ1n) is 11.8. The Balaban J connectivity index is 1.38. The number of hydrogen-bond acceptors (Lipinski definition) is 6. The van der Waals surface area contributed by atoms with E-state index in [4.69, 9.17) is 9.47 Å². The molecule has 8 heteroatoms. The van der Waals surface area contributed by atoms with E-state index in [2.05, 4.69) is 4.72 Å². The Hall–Kier alpha value is -4.14. The monoisotopic (exact) mass is 545 g/mol. The van der Waals surface area contributed by atoms with Crippen LogP contribution in [0.25, 0.3) is 12.2 Å². The molecule has 1 N–H and O–H groups in total. The van der Waals surface area contributed by atoms with Crippen molar-refractivity contribution in [2.24, 2.45) is 0 Å². The van der Waals surface area contributed by atoms with E-state index in [1.807, 2.05) is 84.9 Å². The lowest BCUT2D eigenvalue weighted by Crippen LogP contribution is -2.28. The highest BCUT2D eigenvalue weighted by atomic mass is 32.2. The van der Waals surface area contributed by atoms with Crippen LogP contribution in [0.1, 0.15) is 22.3 Å². The number of thiophene rings is 1. The number of carbonyl (C=O) groups is 1. The molecule has 4 aromatic rings. The molecule has 4 rings (SSSR count). The fraction of sp³-hybridized carbons (Fsp3) is 0.100. The zero-order chi connectivity index (χ0) is 26.8. The van der Waals surface area contributed by atoms with Crippen molar-refractivity contribution in [1.29, 1.82) is 0 Å². The number of ether oxygens (including phenoxy) is 2. The highest BCUT2D eigenvalue weighted by Gasteiger charge is 2.17. The minimum Gasteiger partial charge on any atom is -0.493 e. The topological polar surface area (TPSA) is 81.7 Å². The maximum absolute atomic E-state index is 12.2. The number of benzene rings is 3. The number of rotatable bonds is 11. The Kier molecular flexibility index (Phi) is 9.13. The van der Waals surface area contributed by atoms with Crippen LogP contribution in [0.2, 0.25) is 0 Å². The van der Waals surface area contributed by atoms with E-state index in [1.54, 1.807) is 24.6 Å². The van der Waals surface area contributed by atoms with Gasteiger partial charge < -0.3 is 9.47 Å². The van der Waals surface area contributed by atoms with Crippen LogP contribution in [0.4, 0.5) is 0 Å². The first-order chi connectivity index (χ1) is 18.4. The lowest BCUT2D eigenvalue weighted by Gasteiger charge is -2.12. The lowest BCUT2D eigenvalue weighted by atomic mass is 10.0. The van der Waals surface area contributed by atoms with Crippen LogP contribution in [0.3, 0.4) is 0 Å². The number of hydrogen-bond donors (Lipinski definition) is 1. The first-order valence-corrected chi connectivity index (χ1v) is 14.2. The van der Waals surface area contributed by atoms with Crippen molar-refractivity contribution in [2.45, 2.75) is 17.2 Å². The molecule has 0 spiro atoms. The molecule has 0 atom stereocenters. The molecule has 0 unspecified atom stereocenters. The summed E-state index contributed by atoms with van der Waals surface area (Å²) in [5.41, 5.74) is 3.81. The van der Waals surface area contributed by atoms with E-state index >= 15 is 0 Å². The van der Waals surface area contributed by atoms with Crippen molar-refractivity contribution in [1.82, 2.24) is 4.72 Å². The van der Waals surface area contributed by atoms with Crippen molar-refractivity contribution < 1.29 is 22.7 Å². The molecule has 6 nitrogen and oxygen atoms in total. The first kappa shape index (κ1) is 26.9. The number of amides is 1. The van der Waals surface area contributed by atoms with Gasteiger partial charge in [-0.05, 0) is 58.3 Å².